The van der Waals surface area contributed by atoms with Gasteiger partial charge >= 0.3 is 29.6 Å². The van der Waals surface area contributed by atoms with Crippen LogP contribution in [-0.4, -0.2) is 44.8 Å². The molecule has 0 spiro atoms. The molecule has 0 amide bonds. The Bertz CT molecular complexity index is 478. The van der Waals surface area contributed by atoms with Gasteiger partial charge in [-0.3, -0.25) is 4.55 Å². The number of rotatable bonds is 15. The zero-order chi connectivity index (χ0) is 19.6. The second-order valence-corrected chi connectivity index (χ2v) is 8.62. The van der Waals surface area contributed by atoms with Gasteiger partial charge < -0.3 is 9.87 Å². The largest absolute Gasteiger partial charge is 1.00 e. The van der Waals surface area contributed by atoms with Crippen LogP contribution in [-0.2, 0) is 20.4 Å². The zero-order valence-corrected chi connectivity index (χ0v) is 19.9. The van der Waals surface area contributed by atoms with Crippen molar-refractivity contribution in [2.75, 3.05) is 18.8 Å². The summed E-state index contributed by atoms with van der Waals surface area (Å²) in [5.74, 6) is -0.189. The van der Waals surface area contributed by atoms with Crippen LogP contribution in [0.1, 0.15) is 77.6 Å². The Balaban J connectivity index is -0.000000772. The van der Waals surface area contributed by atoms with Gasteiger partial charge in [0, 0.05) is 6.54 Å². The second kappa shape index (κ2) is 20.5. The Morgan fingerprint density at radius 3 is 1.50 bits per heavy atom. The molecule has 4 N–H and O–H groups in total. The van der Waals surface area contributed by atoms with Crippen molar-refractivity contribution in [1.82, 2.24) is 5.32 Å². The second-order valence-electron chi connectivity index (χ2n) is 6.06. The van der Waals surface area contributed by atoms with E-state index in [9.17, 15) is 8.42 Å². The third-order valence-corrected chi connectivity index (χ3v) is 4.21. The van der Waals surface area contributed by atoms with E-state index in [4.69, 9.17) is 17.5 Å². The number of nitrogens with two attached hydrogens (primary N) is 1. The summed E-state index contributed by atoms with van der Waals surface area (Å²) in [7, 11) is -8.22. The normalized spacial score (nSPS) is 11.4. The number of unbranched alkanes of at least 4 members (excludes halogenated alkanes) is 10. The molecule has 0 unspecified atom stereocenters. The first-order valence-corrected chi connectivity index (χ1v) is 12.0. The molecule has 0 saturated carbocycles. The average Bonchev–Trinajstić information content (AvgIpc) is 2.45. The van der Waals surface area contributed by atoms with E-state index >= 15 is 0 Å². The fourth-order valence-corrected chi connectivity index (χ4v) is 2.64. The van der Waals surface area contributed by atoms with E-state index in [1.807, 2.05) is 0 Å². The number of hydrogen-bond donors (Lipinski definition) is 3. The number of nitrogens with one attached hydrogen (secondary N) is 1. The standard InChI is InChI=1S/C15H33NO3S.H3NO3S.Na/c1-2-3-4-5-6-7-8-9-10-11-12-13-16-14-15-20(17,18)19;1-5(2,3)4;/h16H,2-15H2,1H3,(H,17,18,19);(H3,1,2,3,4);/q;;+1/p-1. The average molecular weight is 427 g/mol. The van der Waals surface area contributed by atoms with E-state index in [0.717, 1.165) is 13.0 Å². The maximum Gasteiger partial charge on any atom is 1.00 e. The summed E-state index contributed by atoms with van der Waals surface area (Å²) in [6.07, 6.45) is 14.5. The molecular formula is C15H35N2NaO6S2. The summed E-state index contributed by atoms with van der Waals surface area (Å²) >= 11 is 0. The van der Waals surface area contributed by atoms with E-state index < -0.39 is 20.4 Å². The quantitative estimate of drug-likeness (QED) is 0.176. The minimum Gasteiger partial charge on any atom is -0.736 e. The summed E-state index contributed by atoms with van der Waals surface area (Å²) in [6, 6.07) is 0. The SMILES string of the molecule is CCCCCCCCCCCCCNCCS(=O)(=O)O.NS(=O)(=O)[O-].[Na+]. The first-order valence-electron chi connectivity index (χ1n) is 8.95. The predicted octanol–water partition coefficient (Wildman–Crippen LogP) is -0.816. The van der Waals surface area contributed by atoms with Crippen molar-refractivity contribution in [1.29, 1.82) is 0 Å². The zero-order valence-electron chi connectivity index (χ0n) is 16.3. The molecule has 0 fully saturated rings. The molecule has 0 aromatic rings. The topological polar surface area (TPSA) is 150 Å². The Hall–Kier alpha value is 0.740. The Morgan fingerprint density at radius 1 is 0.808 bits per heavy atom. The first kappa shape index (κ1) is 31.4. The van der Waals surface area contributed by atoms with Gasteiger partial charge in [0.15, 0.2) is 10.3 Å². The molecule has 154 valence electrons. The fourth-order valence-electron chi connectivity index (χ4n) is 2.24. The molecule has 0 saturated heterocycles. The van der Waals surface area contributed by atoms with Crippen LogP contribution in [0.15, 0.2) is 0 Å². The Morgan fingerprint density at radius 2 is 1.15 bits per heavy atom. The van der Waals surface area contributed by atoms with Crippen LogP contribution in [0.3, 0.4) is 0 Å². The van der Waals surface area contributed by atoms with Crippen molar-refractivity contribution in [2.45, 2.75) is 77.6 Å². The van der Waals surface area contributed by atoms with E-state index in [0.29, 0.717) is 6.54 Å². The molecule has 0 aromatic heterocycles. The van der Waals surface area contributed by atoms with Crippen molar-refractivity contribution in [3.63, 3.8) is 0 Å². The van der Waals surface area contributed by atoms with Crippen LogP contribution in [0, 0.1) is 0 Å². The molecule has 0 aliphatic rings. The maximum absolute atomic E-state index is 10.5. The van der Waals surface area contributed by atoms with Gasteiger partial charge in [-0.25, -0.2) is 13.6 Å². The van der Waals surface area contributed by atoms with E-state index in [2.05, 4.69) is 17.4 Å². The predicted molar refractivity (Wildman–Crippen MR) is 99.6 cm³/mol. The van der Waals surface area contributed by atoms with Crippen molar-refractivity contribution in [2.24, 2.45) is 5.14 Å². The molecular weight excluding hydrogens is 391 g/mol. The van der Waals surface area contributed by atoms with Crippen molar-refractivity contribution < 1.29 is 55.5 Å². The molecule has 0 aromatic carbocycles. The first-order chi connectivity index (χ1) is 11.6. The van der Waals surface area contributed by atoms with Gasteiger partial charge in [-0.1, -0.05) is 71.1 Å². The van der Waals surface area contributed by atoms with Gasteiger partial charge in [0.05, 0.1) is 5.75 Å². The van der Waals surface area contributed by atoms with Crippen LogP contribution in [0.4, 0.5) is 0 Å². The van der Waals surface area contributed by atoms with Crippen LogP contribution < -0.4 is 40.0 Å². The molecule has 0 bridgehead atoms. The molecule has 0 aliphatic heterocycles. The van der Waals surface area contributed by atoms with Gasteiger partial charge in [-0.15, -0.1) is 0 Å². The van der Waals surface area contributed by atoms with Gasteiger partial charge in [0.1, 0.15) is 0 Å². The third-order valence-electron chi connectivity index (χ3n) is 3.49. The summed E-state index contributed by atoms with van der Waals surface area (Å²) in [4.78, 5) is 0. The van der Waals surface area contributed by atoms with Gasteiger partial charge in [0.25, 0.3) is 10.1 Å². The molecule has 8 nitrogen and oxygen atoms in total. The molecule has 11 heteroatoms. The van der Waals surface area contributed by atoms with Gasteiger partial charge in [0.2, 0.25) is 0 Å². The maximum atomic E-state index is 10.5. The van der Waals surface area contributed by atoms with Crippen LogP contribution in [0.5, 0.6) is 0 Å². The van der Waals surface area contributed by atoms with Crippen LogP contribution in [0.2, 0.25) is 0 Å². The summed E-state index contributed by atoms with van der Waals surface area (Å²) < 4.78 is 56.0. The van der Waals surface area contributed by atoms with E-state index in [-0.39, 0.29) is 35.3 Å². The van der Waals surface area contributed by atoms with Crippen molar-refractivity contribution >= 4 is 20.4 Å². The van der Waals surface area contributed by atoms with Crippen LogP contribution >= 0.6 is 0 Å². The summed E-state index contributed by atoms with van der Waals surface area (Å²) in [5.41, 5.74) is 0. The van der Waals surface area contributed by atoms with Gasteiger partial charge in [-0.2, -0.15) is 8.42 Å². The smallest absolute Gasteiger partial charge is 0.736 e. The summed E-state index contributed by atoms with van der Waals surface area (Å²) in [6.45, 7) is 3.43. The van der Waals surface area contributed by atoms with Gasteiger partial charge in [-0.05, 0) is 13.0 Å². The molecule has 0 aliphatic carbocycles. The molecule has 0 atom stereocenters. The third kappa shape index (κ3) is 44.3. The Kier molecular flexibility index (Phi) is 24.8. The monoisotopic (exact) mass is 426 g/mol. The van der Waals surface area contributed by atoms with E-state index in [1.165, 1.54) is 64.2 Å². The van der Waals surface area contributed by atoms with E-state index in [1.54, 1.807) is 0 Å². The Labute approximate surface area is 182 Å². The molecule has 0 rings (SSSR count). The fraction of sp³-hybridized carbons (Fsp3) is 1.00. The summed E-state index contributed by atoms with van der Waals surface area (Å²) in [5, 5.41) is 6.80. The van der Waals surface area contributed by atoms with Crippen LogP contribution in [0.25, 0.3) is 0 Å². The molecule has 26 heavy (non-hydrogen) atoms. The number of hydrogen-bond acceptors (Lipinski definition) is 6. The van der Waals surface area contributed by atoms with Crippen molar-refractivity contribution in [3.8, 4) is 0 Å². The molecule has 0 radical (unpaired) electrons. The minimum atomic E-state index is -4.42. The van der Waals surface area contributed by atoms with Crippen molar-refractivity contribution in [3.05, 3.63) is 0 Å². The minimum absolute atomic E-state index is 0. The molecule has 0 heterocycles.